The van der Waals surface area contributed by atoms with Crippen LogP contribution in [-0.2, 0) is 0 Å². The van der Waals surface area contributed by atoms with E-state index in [-0.39, 0.29) is 0 Å². The lowest BCUT2D eigenvalue weighted by Crippen LogP contribution is -1.96. The highest BCUT2D eigenvalue weighted by Gasteiger charge is 2.09. The second kappa shape index (κ2) is 3.50. The molecule has 0 spiro atoms. The van der Waals surface area contributed by atoms with Gasteiger partial charge in [0.25, 0.3) is 0 Å². The Labute approximate surface area is 89.7 Å². The lowest BCUT2D eigenvalue weighted by atomic mass is 9.92. The molecule has 0 atom stereocenters. The molecule has 0 aromatic heterocycles. The van der Waals surface area contributed by atoms with Crippen molar-refractivity contribution in [3.8, 4) is 0 Å². The molecule has 1 heteroatoms. The summed E-state index contributed by atoms with van der Waals surface area (Å²) in [5.41, 5.74) is 4.23. The van der Waals surface area contributed by atoms with E-state index in [0.717, 1.165) is 23.0 Å². The third kappa shape index (κ3) is 1.35. The molecular formula is C14H14O. The number of carbonyl (C=O) groups excluding carboxylic acids is 1. The molecule has 76 valence electrons. The van der Waals surface area contributed by atoms with Gasteiger partial charge >= 0.3 is 0 Å². The molecule has 2 aromatic carbocycles. The Morgan fingerprint density at radius 1 is 0.867 bits per heavy atom. The van der Waals surface area contributed by atoms with Crippen LogP contribution in [0.2, 0.25) is 0 Å². The van der Waals surface area contributed by atoms with E-state index in [1.54, 1.807) is 0 Å². The third-order valence-corrected chi connectivity index (χ3v) is 3.22. The highest BCUT2D eigenvalue weighted by atomic mass is 16.1. The van der Waals surface area contributed by atoms with Crippen LogP contribution in [0.15, 0.2) is 24.3 Å². The van der Waals surface area contributed by atoms with Gasteiger partial charge in [0.1, 0.15) is 0 Å². The number of hydrogen-bond donors (Lipinski definition) is 0. The lowest BCUT2D eigenvalue weighted by Gasteiger charge is -2.12. The van der Waals surface area contributed by atoms with Crippen molar-refractivity contribution in [2.45, 2.75) is 20.8 Å². The van der Waals surface area contributed by atoms with Crippen molar-refractivity contribution < 1.29 is 4.79 Å². The number of benzene rings is 2. The van der Waals surface area contributed by atoms with Crippen LogP contribution in [0.3, 0.4) is 0 Å². The SMILES string of the molecule is Cc1c(C=O)c(C)c2ccccc2c1C. The largest absolute Gasteiger partial charge is 0.298 e. The van der Waals surface area contributed by atoms with Gasteiger partial charge in [-0.05, 0) is 48.2 Å². The van der Waals surface area contributed by atoms with Crippen LogP contribution in [0.4, 0.5) is 0 Å². The zero-order valence-electron chi connectivity index (χ0n) is 9.29. The summed E-state index contributed by atoms with van der Waals surface area (Å²) in [6.07, 6.45) is 0.962. The zero-order valence-corrected chi connectivity index (χ0v) is 9.29. The van der Waals surface area contributed by atoms with Crippen molar-refractivity contribution in [1.29, 1.82) is 0 Å². The van der Waals surface area contributed by atoms with Gasteiger partial charge in [-0.3, -0.25) is 4.79 Å². The standard InChI is InChI=1S/C14H14O/c1-9-10(2)14(8-15)11(3)13-7-5-4-6-12(9)13/h4-8H,1-3H3. The molecule has 0 saturated carbocycles. The third-order valence-electron chi connectivity index (χ3n) is 3.22. The fraction of sp³-hybridized carbons (Fsp3) is 0.214. The summed E-state index contributed by atoms with van der Waals surface area (Å²) < 4.78 is 0. The Balaban J connectivity index is 3.02. The van der Waals surface area contributed by atoms with Gasteiger partial charge in [0.05, 0.1) is 0 Å². The molecule has 0 aliphatic rings. The molecule has 0 radical (unpaired) electrons. The van der Waals surface area contributed by atoms with Gasteiger partial charge in [-0.1, -0.05) is 24.3 Å². The van der Waals surface area contributed by atoms with E-state index < -0.39 is 0 Å². The van der Waals surface area contributed by atoms with Crippen LogP contribution in [0, 0.1) is 20.8 Å². The molecule has 0 bridgehead atoms. The topological polar surface area (TPSA) is 17.1 Å². The van der Waals surface area contributed by atoms with E-state index in [1.807, 2.05) is 26.0 Å². The highest BCUT2D eigenvalue weighted by Crippen LogP contribution is 2.28. The number of hydrogen-bond acceptors (Lipinski definition) is 1. The monoisotopic (exact) mass is 198 g/mol. The summed E-state index contributed by atoms with van der Waals surface area (Å²) in [5.74, 6) is 0. The van der Waals surface area contributed by atoms with Gasteiger partial charge in [0.2, 0.25) is 0 Å². The predicted octanol–water partition coefficient (Wildman–Crippen LogP) is 3.58. The summed E-state index contributed by atoms with van der Waals surface area (Å²) in [7, 11) is 0. The Hall–Kier alpha value is -1.63. The van der Waals surface area contributed by atoms with Crippen molar-refractivity contribution in [1.82, 2.24) is 0 Å². The number of rotatable bonds is 1. The van der Waals surface area contributed by atoms with Gasteiger partial charge in [-0.15, -0.1) is 0 Å². The maximum Gasteiger partial charge on any atom is 0.150 e. The molecule has 0 fully saturated rings. The molecule has 0 saturated heterocycles. The van der Waals surface area contributed by atoms with Crippen LogP contribution in [-0.4, -0.2) is 6.29 Å². The van der Waals surface area contributed by atoms with Gasteiger partial charge in [0, 0.05) is 5.56 Å². The first-order valence-electron chi connectivity index (χ1n) is 5.10. The van der Waals surface area contributed by atoms with E-state index in [2.05, 4.69) is 19.1 Å². The summed E-state index contributed by atoms with van der Waals surface area (Å²) in [4.78, 5) is 11.0. The molecule has 15 heavy (non-hydrogen) atoms. The van der Waals surface area contributed by atoms with Crippen molar-refractivity contribution in [3.05, 3.63) is 46.5 Å². The average molecular weight is 198 g/mol. The van der Waals surface area contributed by atoms with Gasteiger partial charge in [0.15, 0.2) is 6.29 Å². The molecule has 0 heterocycles. The normalized spacial score (nSPS) is 10.6. The minimum absolute atomic E-state index is 0.839. The second-order valence-electron chi connectivity index (χ2n) is 3.95. The van der Waals surface area contributed by atoms with Crippen molar-refractivity contribution >= 4 is 17.1 Å². The van der Waals surface area contributed by atoms with Gasteiger partial charge in [-0.2, -0.15) is 0 Å². The van der Waals surface area contributed by atoms with E-state index >= 15 is 0 Å². The molecule has 0 aliphatic heterocycles. The van der Waals surface area contributed by atoms with Crippen LogP contribution in [0.5, 0.6) is 0 Å². The van der Waals surface area contributed by atoms with Crippen LogP contribution in [0.1, 0.15) is 27.0 Å². The van der Waals surface area contributed by atoms with Crippen molar-refractivity contribution in [3.63, 3.8) is 0 Å². The summed E-state index contributed by atoms with van der Waals surface area (Å²) >= 11 is 0. The first-order valence-corrected chi connectivity index (χ1v) is 5.10. The van der Waals surface area contributed by atoms with Gasteiger partial charge in [-0.25, -0.2) is 0 Å². The van der Waals surface area contributed by atoms with Crippen LogP contribution >= 0.6 is 0 Å². The van der Waals surface area contributed by atoms with Crippen molar-refractivity contribution in [2.24, 2.45) is 0 Å². The Kier molecular flexibility index (Phi) is 2.31. The minimum atomic E-state index is 0.839. The predicted molar refractivity (Wildman–Crippen MR) is 63.5 cm³/mol. The Morgan fingerprint density at radius 3 is 1.93 bits per heavy atom. The molecule has 0 amide bonds. The lowest BCUT2D eigenvalue weighted by molar-refractivity contribution is 0.112. The molecule has 0 N–H and O–H groups in total. The highest BCUT2D eigenvalue weighted by molar-refractivity contribution is 5.96. The zero-order chi connectivity index (χ0) is 11.0. The van der Waals surface area contributed by atoms with E-state index in [1.165, 1.54) is 16.3 Å². The van der Waals surface area contributed by atoms with E-state index in [0.29, 0.717) is 0 Å². The average Bonchev–Trinajstić information content (AvgIpc) is 2.27. The molecular weight excluding hydrogens is 184 g/mol. The second-order valence-corrected chi connectivity index (χ2v) is 3.95. The van der Waals surface area contributed by atoms with Crippen LogP contribution in [0.25, 0.3) is 10.8 Å². The molecule has 2 aromatic rings. The maximum atomic E-state index is 11.0. The van der Waals surface area contributed by atoms with E-state index in [9.17, 15) is 4.79 Å². The molecule has 0 unspecified atom stereocenters. The quantitative estimate of drug-likeness (QED) is 0.640. The van der Waals surface area contributed by atoms with Crippen molar-refractivity contribution in [2.75, 3.05) is 0 Å². The Morgan fingerprint density at radius 2 is 1.40 bits per heavy atom. The maximum absolute atomic E-state index is 11.0. The molecule has 0 aliphatic carbocycles. The van der Waals surface area contributed by atoms with Gasteiger partial charge < -0.3 is 0 Å². The number of carbonyl (C=O) groups is 1. The first-order chi connectivity index (χ1) is 7.16. The summed E-state index contributed by atoms with van der Waals surface area (Å²) in [6, 6.07) is 8.23. The van der Waals surface area contributed by atoms with E-state index in [4.69, 9.17) is 0 Å². The fourth-order valence-electron chi connectivity index (χ4n) is 2.14. The molecule has 2 rings (SSSR count). The smallest absolute Gasteiger partial charge is 0.150 e. The summed E-state index contributed by atoms with van der Waals surface area (Å²) in [5, 5.41) is 2.43. The minimum Gasteiger partial charge on any atom is -0.298 e. The number of aryl methyl sites for hydroxylation is 2. The number of aldehydes is 1. The fourth-order valence-corrected chi connectivity index (χ4v) is 2.14. The molecule has 1 nitrogen and oxygen atoms in total. The Bertz CT molecular complexity index is 539. The number of fused-ring (bicyclic) bond motifs is 1. The first kappa shape index (κ1) is 9.91. The van der Waals surface area contributed by atoms with Crippen LogP contribution < -0.4 is 0 Å². The summed E-state index contributed by atoms with van der Waals surface area (Å²) in [6.45, 7) is 6.10.